The summed E-state index contributed by atoms with van der Waals surface area (Å²) in [5.74, 6) is 0. The fourth-order valence-corrected chi connectivity index (χ4v) is 3.99. The van der Waals surface area contributed by atoms with Gasteiger partial charge in [0.1, 0.15) is 0 Å². The third-order valence-electron chi connectivity index (χ3n) is 3.47. The van der Waals surface area contributed by atoms with Crippen LogP contribution in [0.1, 0.15) is 37.5 Å². The van der Waals surface area contributed by atoms with E-state index in [2.05, 4.69) is 44.5 Å². The number of unbranched alkanes of at least 4 members (excludes halogenated alkanes) is 1. The van der Waals surface area contributed by atoms with Crippen LogP contribution < -0.4 is 5.32 Å². The van der Waals surface area contributed by atoms with Gasteiger partial charge >= 0.3 is 0 Å². The molecule has 1 atom stereocenters. The Morgan fingerprint density at radius 1 is 1.56 bits per heavy atom. The van der Waals surface area contributed by atoms with Gasteiger partial charge in [-0.3, -0.25) is 4.90 Å². The molecule has 0 spiro atoms. The van der Waals surface area contributed by atoms with Crippen molar-refractivity contribution in [1.29, 1.82) is 0 Å². The van der Waals surface area contributed by atoms with Crippen molar-refractivity contribution < 1.29 is 0 Å². The highest BCUT2D eigenvalue weighted by molar-refractivity contribution is 9.10. The Morgan fingerprint density at radius 2 is 2.44 bits per heavy atom. The van der Waals surface area contributed by atoms with Crippen LogP contribution in [0.4, 0.5) is 0 Å². The maximum atomic E-state index is 3.61. The van der Waals surface area contributed by atoms with Crippen LogP contribution in [0.25, 0.3) is 0 Å². The second-order valence-electron chi connectivity index (χ2n) is 5.11. The van der Waals surface area contributed by atoms with Gasteiger partial charge in [0.05, 0.1) is 0 Å². The molecule has 1 aliphatic rings. The predicted molar refractivity (Wildman–Crippen MR) is 83.2 cm³/mol. The maximum absolute atomic E-state index is 3.61. The SMILES string of the molecule is CCCCN(Cc1cc(Br)cs1)CC1CCCN1. The van der Waals surface area contributed by atoms with Crippen LogP contribution in [0.2, 0.25) is 0 Å². The van der Waals surface area contributed by atoms with E-state index < -0.39 is 0 Å². The molecule has 18 heavy (non-hydrogen) atoms. The molecule has 0 bridgehead atoms. The molecule has 2 nitrogen and oxygen atoms in total. The van der Waals surface area contributed by atoms with Crippen LogP contribution in [0, 0.1) is 0 Å². The smallest absolute Gasteiger partial charge is 0.0328 e. The molecule has 0 aliphatic carbocycles. The van der Waals surface area contributed by atoms with Crippen molar-refractivity contribution in [3.05, 3.63) is 20.8 Å². The first kappa shape index (κ1) is 14.5. The summed E-state index contributed by atoms with van der Waals surface area (Å²) in [6, 6.07) is 2.97. The van der Waals surface area contributed by atoms with Gasteiger partial charge in [-0.1, -0.05) is 13.3 Å². The fourth-order valence-electron chi connectivity index (χ4n) is 2.50. The average molecular weight is 331 g/mol. The Labute approximate surface area is 123 Å². The number of hydrogen-bond acceptors (Lipinski definition) is 3. The van der Waals surface area contributed by atoms with Gasteiger partial charge in [0.25, 0.3) is 0 Å². The van der Waals surface area contributed by atoms with Gasteiger partial charge in [0.2, 0.25) is 0 Å². The highest BCUT2D eigenvalue weighted by Crippen LogP contribution is 2.22. The Kier molecular flexibility index (Phi) is 6.15. The van der Waals surface area contributed by atoms with Crippen molar-refractivity contribution in [3.63, 3.8) is 0 Å². The third-order valence-corrected chi connectivity index (χ3v) is 5.15. The molecular formula is C14H23BrN2S. The number of nitrogens with one attached hydrogen (secondary N) is 1. The molecule has 0 aromatic carbocycles. The van der Waals surface area contributed by atoms with Crippen molar-refractivity contribution in [2.24, 2.45) is 0 Å². The fraction of sp³-hybridized carbons (Fsp3) is 0.714. The van der Waals surface area contributed by atoms with Crippen molar-refractivity contribution in [1.82, 2.24) is 10.2 Å². The number of rotatable bonds is 7. The molecule has 2 heterocycles. The Hall–Kier alpha value is 0.1000. The predicted octanol–water partition coefficient (Wildman–Crippen LogP) is 3.86. The average Bonchev–Trinajstić information content (AvgIpc) is 2.98. The zero-order valence-electron chi connectivity index (χ0n) is 11.1. The van der Waals surface area contributed by atoms with E-state index in [-0.39, 0.29) is 0 Å². The van der Waals surface area contributed by atoms with Gasteiger partial charge in [-0.15, -0.1) is 11.3 Å². The third kappa shape index (κ3) is 4.65. The van der Waals surface area contributed by atoms with Gasteiger partial charge in [-0.25, -0.2) is 0 Å². The van der Waals surface area contributed by atoms with E-state index in [1.807, 2.05) is 11.3 Å². The van der Waals surface area contributed by atoms with Crippen molar-refractivity contribution in [2.75, 3.05) is 19.6 Å². The van der Waals surface area contributed by atoms with E-state index >= 15 is 0 Å². The maximum Gasteiger partial charge on any atom is 0.0328 e. The molecule has 0 amide bonds. The summed E-state index contributed by atoms with van der Waals surface area (Å²) < 4.78 is 1.22. The van der Waals surface area contributed by atoms with Gasteiger partial charge in [0, 0.05) is 33.9 Å². The zero-order valence-corrected chi connectivity index (χ0v) is 13.5. The minimum Gasteiger partial charge on any atom is -0.313 e. The quantitative estimate of drug-likeness (QED) is 0.816. The molecule has 1 saturated heterocycles. The lowest BCUT2D eigenvalue weighted by molar-refractivity contribution is 0.239. The molecule has 1 aromatic rings. The van der Waals surface area contributed by atoms with E-state index in [1.54, 1.807) is 0 Å². The van der Waals surface area contributed by atoms with Crippen LogP contribution in [-0.4, -0.2) is 30.6 Å². The summed E-state index contributed by atoms with van der Waals surface area (Å²) >= 11 is 5.40. The van der Waals surface area contributed by atoms with Crippen molar-refractivity contribution in [3.8, 4) is 0 Å². The molecule has 0 saturated carbocycles. The number of nitrogens with zero attached hydrogens (tertiary/aromatic N) is 1. The lowest BCUT2D eigenvalue weighted by Gasteiger charge is -2.25. The summed E-state index contributed by atoms with van der Waals surface area (Å²) in [5, 5.41) is 5.79. The first-order valence-corrected chi connectivity index (χ1v) is 8.64. The number of hydrogen-bond donors (Lipinski definition) is 1. The molecular weight excluding hydrogens is 308 g/mol. The Balaban J connectivity index is 1.86. The molecule has 1 aliphatic heterocycles. The van der Waals surface area contributed by atoms with Crippen LogP contribution in [0.3, 0.4) is 0 Å². The Morgan fingerprint density at radius 3 is 3.06 bits per heavy atom. The molecule has 0 radical (unpaired) electrons. The van der Waals surface area contributed by atoms with Crippen LogP contribution >= 0.6 is 27.3 Å². The summed E-state index contributed by atoms with van der Waals surface area (Å²) in [6.45, 7) is 7.01. The lowest BCUT2D eigenvalue weighted by Crippen LogP contribution is -2.37. The van der Waals surface area contributed by atoms with E-state index in [4.69, 9.17) is 0 Å². The van der Waals surface area contributed by atoms with E-state index in [0.717, 1.165) is 6.54 Å². The minimum atomic E-state index is 0.713. The molecule has 1 aromatic heterocycles. The first-order chi connectivity index (χ1) is 8.78. The minimum absolute atomic E-state index is 0.713. The van der Waals surface area contributed by atoms with Gasteiger partial charge in [-0.2, -0.15) is 0 Å². The summed E-state index contributed by atoms with van der Waals surface area (Å²) in [7, 11) is 0. The molecule has 1 unspecified atom stereocenters. The normalized spacial score (nSPS) is 19.8. The van der Waals surface area contributed by atoms with Crippen molar-refractivity contribution >= 4 is 27.3 Å². The monoisotopic (exact) mass is 330 g/mol. The van der Waals surface area contributed by atoms with Crippen LogP contribution in [0.15, 0.2) is 15.9 Å². The molecule has 1 N–H and O–H groups in total. The van der Waals surface area contributed by atoms with Gasteiger partial charge in [-0.05, 0) is 54.3 Å². The second-order valence-corrected chi connectivity index (χ2v) is 7.02. The van der Waals surface area contributed by atoms with E-state index in [9.17, 15) is 0 Å². The van der Waals surface area contributed by atoms with Gasteiger partial charge < -0.3 is 5.32 Å². The lowest BCUT2D eigenvalue weighted by atomic mass is 10.2. The standard InChI is InChI=1S/C14H23BrN2S/c1-2-3-7-17(9-13-5-4-6-16-13)10-14-8-12(15)11-18-14/h8,11,13,16H,2-7,9-10H2,1H3. The Bertz CT molecular complexity index is 347. The second kappa shape index (κ2) is 7.63. The number of halogens is 1. The van der Waals surface area contributed by atoms with Crippen LogP contribution in [0.5, 0.6) is 0 Å². The zero-order chi connectivity index (χ0) is 12.8. The van der Waals surface area contributed by atoms with Crippen molar-refractivity contribution in [2.45, 2.75) is 45.2 Å². The summed E-state index contributed by atoms with van der Waals surface area (Å²) in [6.07, 6.45) is 5.27. The largest absolute Gasteiger partial charge is 0.313 e. The molecule has 1 fully saturated rings. The van der Waals surface area contributed by atoms with E-state index in [0.29, 0.717) is 6.04 Å². The van der Waals surface area contributed by atoms with E-state index in [1.165, 1.54) is 54.7 Å². The number of thiophene rings is 1. The molecule has 102 valence electrons. The highest BCUT2D eigenvalue weighted by Gasteiger charge is 2.18. The first-order valence-electron chi connectivity index (χ1n) is 6.96. The molecule has 4 heteroatoms. The molecule has 2 rings (SSSR count). The van der Waals surface area contributed by atoms with Crippen LogP contribution in [-0.2, 0) is 6.54 Å². The summed E-state index contributed by atoms with van der Waals surface area (Å²) in [5.41, 5.74) is 0. The summed E-state index contributed by atoms with van der Waals surface area (Å²) in [4.78, 5) is 4.08. The topological polar surface area (TPSA) is 15.3 Å². The van der Waals surface area contributed by atoms with Gasteiger partial charge in [0.15, 0.2) is 0 Å². The highest BCUT2D eigenvalue weighted by atomic mass is 79.9.